The van der Waals surface area contributed by atoms with Gasteiger partial charge in [0.15, 0.2) is 0 Å². The van der Waals surface area contributed by atoms with Crippen molar-refractivity contribution in [2.75, 3.05) is 11.9 Å². The molecule has 1 aromatic carbocycles. The zero-order valence-electron chi connectivity index (χ0n) is 12.7. The summed E-state index contributed by atoms with van der Waals surface area (Å²) in [5.41, 5.74) is 4.38. The third kappa shape index (κ3) is 3.53. The molecule has 0 unspecified atom stereocenters. The second-order valence-electron chi connectivity index (χ2n) is 5.47. The molecule has 2 aromatic rings. The van der Waals surface area contributed by atoms with Crippen molar-refractivity contribution in [3.05, 3.63) is 41.2 Å². The van der Waals surface area contributed by atoms with Crippen LogP contribution in [0.2, 0.25) is 0 Å². The summed E-state index contributed by atoms with van der Waals surface area (Å²) in [6, 6.07) is 8.05. The van der Waals surface area contributed by atoms with Crippen molar-refractivity contribution in [1.82, 2.24) is 10.2 Å². The number of nitrogens with zero attached hydrogens (tertiary/aromatic N) is 1. The lowest BCUT2D eigenvalue weighted by molar-refractivity contribution is 0.272. The lowest BCUT2D eigenvalue weighted by atomic mass is 10.2. The Hall–Kier alpha value is -1.97. The number of aromatic nitrogens is 2. The number of hydrogen-bond donors (Lipinski definition) is 2. The summed E-state index contributed by atoms with van der Waals surface area (Å²) in [7, 11) is 0. The van der Waals surface area contributed by atoms with Gasteiger partial charge in [0.2, 0.25) is 0 Å². The average Bonchev–Trinajstić information content (AvgIpc) is 2.74. The number of hydrogen-bond acceptors (Lipinski definition) is 3. The largest absolute Gasteiger partial charge is 0.491 e. The normalized spacial score (nSPS) is 10.8. The van der Waals surface area contributed by atoms with Gasteiger partial charge in [0.1, 0.15) is 5.75 Å². The lowest BCUT2D eigenvalue weighted by Gasteiger charge is -2.14. The van der Waals surface area contributed by atoms with Crippen LogP contribution in [0.15, 0.2) is 24.3 Å². The summed E-state index contributed by atoms with van der Waals surface area (Å²) in [6.07, 6.45) is 0. The summed E-state index contributed by atoms with van der Waals surface area (Å²) in [6.45, 7) is 9.82. The van der Waals surface area contributed by atoms with Gasteiger partial charge in [0.25, 0.3) is 0 Å². The Labute approximate surface area is 120 Å². The van der Waals surface area contributed by atoms with Gasteiger partial charge in [-0.3, -0.25) is 5.10 Å². The fourth-order valence-corrected chi connectivity index (χ4v) is 2.01. The monoisotopic (exact) mass is 273 g/mol. The number of anilines is 1. The van der Waals surface area contributed by atoms with Crippen LogP contribution in [0.25, 0.3) is 0 Å². The molecule has 0 spiro atoms. The first-order valence-electron chi connectivity index (χ1n) is 7.04. The Balaban J connectivity index is 2.06. The van der Waals surface area contributed by atoms with E-state index in [4.69, 9.17) is 4.74 Å². The maximum atomic E-state index is 5.84. The van der Waals surface area contributed by atoms with Gasteiger partial charge in [-0.25, -0.2) is 0 Å². The van der Waals surface area contributed by atoms with Gasteiger partial charge in [0.05, 0.1) is 18.0 Å². The Morgan fingerprint density at radius 2 is 2.00 bits per heavy atom. The van der Waals surface area contributed by atoms with Crippen LogP contribution in [0.3, 0.4) is 0 Å². The molecule has 4 heteroatoms. The number of aryl methyl sites for hydroxylation is 2. The zero-order valence-corrected chi connectivity index (χ0v) is 12.7. The van der Waals surface area contributed by atoms with Gasteiger partial charge >= 0.3 is 0 Å². The minimum Gasteiger partial charge on any atom is -0.491 e. The van der Waals surface area contributed by atoms with E-state index in [-0.39, 0.29) is 0 Å². The van der Waals surface area contributed by atoms with Gasteiger partial charge in [-0.1, -0.05) is 26.0 Å². The third-order valence-electron chi connectivity index (χ3n) is 3.20. The van der Waals surface area contributed by atoms with Gasteiger partial charge in [0, 0.05) is 17.8 Å². The highest BCUT2D eigenvalue weighted by Gasteiger charge is 2.08. The van der Waals surface area contributed by atoms with Crippen LogP contribution >= 0.6 is 0 Å². The van der Waals surface area contributed by atoms with E-state index in [0.717, 1.165) is 36.0 Å². The molecule has 0 aliphatic heterocycles. The molecule has 1 heterocycles. The molecule has 0 radical (unpaired) electrons. The summed E-state index contributed by atoms with van der Waals surface area (Å²) < 4.78 is 5.84. The molecule has 0 atom stereocenters. The number of H-pyrrole nitrogens is 1. The quantitative estimate of drug-likeness (QED) is 0.844. The van der Waals surface area contributed by atoms with Crippen molar-refractivity contribution in [2.24, 2.45) is 5.92 Å². The Morgan fingerprint density at radius 3 is 2.65 bits per heavy atom. The highest BCUT2D eigenvalue weighted by atomic mass is 16.5. The van der Waals surface area contributed by atoms with E-state index in [1.807, 2.05) is 38.1 Å². The minimum absolute atomic E-state index is 0.515. The fourth-order valence-electron chi connectivity index (χ4n) is 2.01. The molecule has 2 N–H and O–H groups in total. The fraction of sp³-hybridized carbons (Fsp3) is 0.438. The smallest absolute Gasteiger partial charge is 0.142 e. The number of aromatic amines is 1. The molecular formula is C16H23N3O. The summed E-state index contributed by atoms with van der Waals surface area (Å²) in [5.74, 6) is 1.42. The van der Waals surface area contributed by atoms with E-state index in [1.54, 1.807) is 0 Å². The predicted molar refractivity (Wildman–Crippen MR) is 82.2 cm³/mol. The summed E-state index contributed by atoms with van der Waals surface area (Å²) in [5, 5.41) is 10.7. The van der Waals surface area contributed by atoms with Crippen molar-refractivity contribution < 1.29 is 4.74 Å². The molecular weight excluding hydrogens is 250 g/mol. The Kier molecular flexibility index (Phi) is 4.66. The molecule has 1 aromatic heterocycles. The van der Waals surface area contributed by atoms with Gasteiger partial charge in [-0.15, -0.1) is 0 Å². The summed E-state index contributed by atoms with van der Waals surface area (Å²) >= 11 is 0. The average molecular weight is 273 g/mol. The van der Waals surface area contributed by atoms with Crippen LogP contribution in [0.1, 0.15) is 30.8 Å². The molecule has 0 aliphatic rings. The first-order valence-corrected chi connectivity index (χ1v) is 7.04. The van der Waals surface area contributed by atoms with E-state index in [9.17, 15) is 0 Å². The zero-order chi connectivity index (χ0) is 14.5. The molecule has 20 heavy (non-hydrogen) atoms. The SMILES string of the molecule is Cc1n[nH]c(C)c1CNc1ccccc1OCC(C)C. The number of para-hydroxylation sites is 2. The number of benzene rings is 1. The van der Waals surface area contributed by atoms with Crippen LogP contribution in [0, 0.1) is 19.8 Å². The second kappa shape index (κ2) is 6.46. The molecule has 108 valence electrons. The van der Waals surface area contributed by atoms with Crippen LogP contribution in [0.4, 0.5) is 5.69 Å². The standard InChI is InChI=1S/C16H23N3O/c1-11(2)10-20-16-8-6-5-7-15(16)17-9-14-12(3)18-19-13(14)4/h5-8,11,17H,9-10H2,1-4H3,(H,18,19). The Morgan fingerprint density at radius 1 is 1.25 bits per heavy atom. The molecule has 0 fully saturated rings. The Bertz CT molecular complexity index is 541. The van der Waals surface area contributed by atoms with Crippen molar-refractivity contribution in [3.8, 4) is 5.75 Å². The van der Waals surface area contributed by atoms with Gasteiger partial charge in [-0.2, -0.15) is 5.10 Å². The van der Waals surface area contributed by atoms with Crippen molar-refractivity contribution in [1.29, 1.82) is 0 Å². The van der Waals surface area contributed by atoms with E-state index in [2.05, 4.69) is 29.4 Å². The highest BCUT2D eigenvalue weighted by Crippen LogP contribution is 2.25. The molecule has 0 saturated heterocycles. The van der Waals surface area contributed by atoms with Crippen LogP contribution < -0.4 is 10.1 Å². The summed E-state index contributed by atoms with van der Waals surface area (Å²) in [4.78, 5) is 0. The molecule has 4 nitrogen and oxygen atoms in total. The highest BCUT2D eigenvalue weighted by molar-refractivity contribution is 5.56. The minimum atomic E-state index is 0.515. The first kappa shape index (κ1) is 14.4. The third-order valence-corrected chi connectivity index (χ3v) is 3.20. The first-order chi connectivity index (χ1) is 9.58. The molecule has 0 bridgehead atoms. The predicted octanol–water partition coefficient (Wildman–Crippen LogP) is 3.67. The second-order valence-corrected chi connectivity index (χ2v) is 5.47. The van der Waals surface area contributed by atoms with Crippen LogP contribution in [-0.2, 0) is 6.54 Å². The van der Waals surface area contributed by atoms with E-state index >= 15 is 0 Å². The van der Waals surface area contributed by atoms with E-state index < -0.39 is 0 Å². The maximum Gasteiger partial charge on any atom is 0.142 e. The molecule has 0 saturated carbocycles. The number of nitrogens with one attached hydrogen (secondary N) is 2. The van der Waals surface area contributed by atoms with Crippen LogP contribution in [0.5, 0.6) is 5.75 Å². The van der Waals surface area contributed by atoms with E-state index in [1.165, 1.54) is 5.56 Å². The van der Waals surface area contributed by atoms with Crippen LogP contribution in [-0.4, -0.2) is 16.8 Å². The van der Waals surface area contributed by atoms with Gasteiger partial charge in [-0.05, 0) is 31.9 Å². The molecule has 2 rings (SSSR count). The van der Waals surface area contributed by atoms with Gasteiger partial charge < -0.3 is 10.1 Å². The van der Waals surface area contributed by atoms with Crippen molar-refractivity contribution in [3.63, 3.8) is 0 Å². The van der Waals surface area contributed by atoms with E-state index in [0.29, 0.717) is 5.92 Å². The number of ether oxygens (including phenoxy) is 1. The molecule has 0 amide bonds. The molecule has 0 aliphatic carbocycles. The number of rotatable bonds is 6. The maximum absolute atomic E-state index is 5.84. The van der Waals surface area contributed by atoms with Crippen molar-refractivity contribution >= 4 is 5.69 Å². The van der Waals surface area contributed by atoms with Crippen molar-refractivity contribution in [2.45, 2.75) is 34.2 Å². The lowest BCUT2D eigenvalue weighted by Crippen LogP contribution is -2.08. The topological polar surface area (TPSA) is 49.9 Å².